The fourth-order valence-electron chi connectivity index (χ4n) is 2.23. The van der Waals surface area contributed by atoms with Crippen molar-refractivity contribution >= 4 is 5.91 Å². The smallest absolute Gasteiger partial charge is 0.236 e. The van der Waals surface area contributed by atoms with Crippen LogP contribution in [0.25, 0.3) is 0 Å². The first-order valence-electron chi connectivity index (χ1n) is 6.41. The molecule has 1 N–H and O–H groups in total. The van der Waals surface area contributed by atoms with E-state index < -0.39 is 0 Å². The second-order valence-electron chi connectivity index (χ2n) is 4.50. The number of hydrogen-bond acceptors (Lipinski definition) is 3. The first-order chi connectivity index (χ1) is 8.81. The van der Waals surface area contributed by atoms with Crippen molar-refractivity contribution in [3.63, 3.8) is 0 Å². The van der Waals surface area contributed by atoms with Crippen LogP contribution in [0.2, 0.25) is 0 Å². The highest BCUT2D eigenvalue weighted by atomic mass is 16.5. The summed E-state index contributed by atoms with van der Waals surface area (Å²) in [5.74, 6) is 1.06. The Morgan fingerprint density at radius 1 is 1.33 bits per heavy atom. The summed E-state index contributed by atoms with van der Waals surface area (Å²) >= 11 is 0. The van der Waals surface area contributed by atoms with E-state index >= 15 is 0 Å². The zero-order chi connectivity index (χ0) is 12.8. The van der Waals surface area contributed by atoms with Crippen LogP contribution in [0.15, 0.2) is 24.3 Å². The number of nitrogens with zero attached hydrogens (tertiary/aromatic N) is 1. The van der Waals surface area contributed by atoms with Crippen LogP contribution in [-0.4, -0.2) is 37.6 Å². The quantitative estimate of drug-likeness (QED) is 0.856. The van der Waals surface area contributed by atoms with Gasteiger partial charge in [-0.1, -0.05) is 18.2 Å². The standard InChI is InChI=1S/C14H20N2O2/c1-18-13-7-3-2-6-12(13)10-15-11-14(17)16-8-4-5-9-16/h2-3,6-7,15H,4-5,8-11H2,1H3. The van der Waals surface area contributed by atoms with Gasteiger partial charge < -0.3 is 15.0 Å². The maximum absolute atomic E-state index is 11.8. The van der Waals surface area contributed by atoms with Crippen LogP contribution < -0.4 is 10.1 Å². The Morgan fingerprint density at radius 3 is 2.78 bits per heavy atom. The average Bonchev–Trinajstić information content (AvgIpc) is 2.93. The van der Waals surface area contributed by atoms with Crippen molar-refractivity contribution in [1.29, 1.82) is 0 Å². The summed E-state index contributed by atoms with van der Waals surface area (Å²) in [7, 11) is 1.66. The Kier molecular flexibility index (Phi) is 4.59. The molecule has 1 aliphatic rings. The highest BCUT2D eigenvalue weighted by Gasteiger charge is 2.17. The molecule has 4 heteroatoms. The van der Waals surface area contributed by atoms with Gasteiger partial charge in [-0.05, 0) is 18.9 Å². The lowest BCUT2D eigenvalue weighted by molar-refractivity contribution is -0.129. The molecule has 98 valence electrons. The Labute approximate surface area is 108 Å². The molecular weight excluding hydrogens is 228 g/mol. The second-order valence-corrected chi connectivity index (χ2v) is 4.50. The number of carbonyl (C=O) groups is 1. The Bertz CT molecular complexity index is 401. The maximum atomic E-state index is 11.8. The predicted octanol–water partition coefficient (Wildman–Crippen LogP) is 1.41. The number of hydrogen-bond donors (Lipinski definition) is 1. The van der Waals surface area contributed by atoms with E-state index in [2.05, 4.69) is 5.32 Å². The van der Waals surface area contributed by atoms with Gasteiger partial charge in [-0.3, -0.25) is 4.79 Å². The molecule has 0 aliphatic carbocycles. The Balaban J connectivity index is 1.79. The number of para-hydroxylation sites is 1. The van der Waals surface area contributed by atoms with Crippen molar-refractivity contribution in [2.24, 2.45) is 0 Å². The molecule has 1 aromatic carbocycles. The molecule has 1 heterocycles. The van der Waals surface area contributed by atoms with Crippen LogP contribution in [-0.2, 0) is 11.3 Å². The molecule has 0 radical (unpaired) electrons. The number of likely N-dealkylation sites (tertiary alicyclic amines) is 1. The van der Waals surface area contributed by atoms with Crippen molar-refractivity contribution in [1.82, 2.24) is 10.2 Å². The minimum Gasteiger partial charge on any atom is -0.496 e. The van der Waals surface area contributed by atoms with E-state index in [1.165, 1.54) is 0 Å². The van der Waals surface area contributed by atoms with Gasteiger partial charge in [0.05, 0.1) is 13.7 Å². The van der Waals surface area contributed by atoms with E-state index in [0.29, 0.717) is 13.1 Å². The normalized spacial score (nSPS) is 14.8. The van der Waals surface area contributed by atoms with Crippen LogP contribution >= 0.6 is 0 Å². The van der Waals surface area contributed by atoms with Gasteiger partial charge in [0.2, 0.25) is 5.91 Å². The molecule has 0 bridgehead atoms. The third kappa shape index (κ3) is 3.23. The highest BCUT2D eigenvalue weighted by Crippen LogP contribution is 2.16. The molecule has 2 rings (SSSR count). The van der Waals surface area contributed by atoms with Crippen LogP contribution in [0, 0.1) is 0 Å². The van der Waals surface area contributed by atoms with E-state index in [-0.39, 0.29) is 5.91 Å². The molecule has 1 aromatic rings. The Hall–Kier alpha value is -1.55. The molecular formula is C14H20N2O2. The van der Waals surface area contributed by atoms with E-state index in [0.717, 1.165) is 37.2 Å². The molecule has 0 atom stereocenters. The fourth-order valence-corrected chi connectivity index (χ4v) is 2.23. The summed E-state index contributed by atoms with van der Waals surface area (Å²) in [5, 5.41) is 3.18. The summed E-state index contributed by atoms with van der Waals surface area (Å²) in [5.41, 5.74) is 1.08. The van der Waals surface area contributed by atoms with Gasteiger partial charge >= 0.3 is 0 Å². The van der Waals surface area contributed by atoms with Crippen molar-refractivity contribution < 1.29 is 9.53 Å². The monoisotopic (exact) mass is 248 g/mol. The summed E-state index contributed by atoms with van der Waals surface area (Å²) in [4.78, 5) is 13.7. The molecule has 1 aliphatic heterocycles. The largest absolute Gasteiger partial charge is 0.496 e. The lowest BCUT2D eigenvalue weighted by Crippen LogP contribution is -2.36. The number of benzene rings is 1. The zero-order valence-corrected chi connectivity index (χ0v) is 10.8. The number of methoxy groups -OCH3 is 1. The minimum atomic E-state index is 0.197. The van der Waals surface area contributed by atoms with Gasteiger partial charge in [-0.2, -0.15) is 0 Å². The van der Waals surface area contributed by atoms with E-state index in [1.807, 2.05) is 29.2 Å². The molecule has 0 spiro atoms. The van der Waals surface area contributed by atoms with Gasteiger partial charge in [-0.25, -0.2) is 0 Å². The number of ether oxygens (including phenoxy) is 1. The van der Waals surface area contributed by atoms with Crippen LogP contribution in [0.5, 0.6) is 5.75 Å². The summed E-state index contributed by atoms with van der Waals surface area (Å²) in [6.07, 6.45) is 2.27. The van der Waals surface area contributed by atoms with Crippen LogP contribution in [0.3, 0.4) is 0 Å². The van der Waals surface area contributed by atoms with E-state index in [4.69, 9.17) is 4.74 Å². The summed E-state index contributed by atoms with van der Waals surface area (Å²) in [6, 6.07) is 7.85. The second kappa shape index (κ2) is 6.40. The number of amides is 1. The number of carbonyl (C=O) groups excluding carboxylic acids is 1. The number of nitrogens with one attached hydrogen (secondary N) is 1. The summed E-state index contributed by atoms with van der Waals surface area (Å²) in [6.45, 7) is 2.88. The molecule has 1 fully saturated rings. The molecule has 18 heavy (non-hydrogen) atoms. The topological polar surface area (TPSA) is 41.6 Å². The molecule has 0 saturated carbocycles. The third-order valence-electron chi connectivity index (χ3n) is 3.24. The van der Waals surface area contributed by atoms with Gasteiger partial charge in [0, 0.05) is 25.2 Å². The van der Waals surface area contributed by atoms with Crippen molar-refractivity contribution in [2.45, 2.75) is 19.4 Å². The highest BCUT2D eigenvalue weighted by molar-refractivity contribution is 5.78. The molecule has 0 unspecified atom stereocenters. The van der Waals surface area contributed by atoms with Crippen molar-refractivity contribution in [3.8, 4) is 5.75 Å². The van der Waals surface area contributed by atoms with Crippen molar-refractivity contribution in [2.75, 3.05) is 26.7 Å². The van der Waals surface area contributed by atoms with E-state index in [9.17, 15) is 4.79 Å². The Morgan fingerprint density at radius 2 is 2.06 bits per heavy atom. The average molecular weight is 248 g/mol. The third-order valence-corrected chi connectivity index (χ3v) is 3.24. The van der Waals surface area contributed by atoms with Gasteiger partial charge in [0.25, 0.3) is 0 Å². The molecule has 0 aromatic heterocycles. The lowest BCUT2D eigenvalue weighted by Gasteiger charge is -2.16. The lowest BCUT2D eigenvalue weighted by atomic mass is 10.2. The van der Waals surface area contributed by atoms with Gasteiger partial charge in [0.1, 0.15) is 5.75 Å². The maximum Gasteiger partial charge on any atom is 0.236 e. The fraction of sp³-hybridized carbons (Fsp3) is 0.500. The van der Waals surface area contributed by atoms with E-state index in [1.54, 1.807) is 7.11 Å². The predicted molar refractivity (Wildman–Crippen MR) is 70.5 cm³/mol. The van der Waals surface area contributed by atoms with Gasteiger partial charge in [0.15, 0.2) is 0 Å². The summed E-state index contributed by atoms with van der Waals surface area (Å²) < 4.78 is 5.27. The molecule has 1 saturated heterocycles. The first kappa shape index (κ1) is 12.9. The van der Waals surface area contributed by atoms with Crippen LogP contribution in [0.1, 0.15) is 18.4 Å². The number of rotatable bonds is 5. The zero-order valence-electron chi connectivity index (χ0n) is 10.8. The van der Waals surface area contributed by atoms with Crippen LogP contribution in [0.4, 0.5) is 0 Å². The SMILES string of the molecule is COc1ccccc1CNCC(=O)N1CCCC1. The van der Waals surface area contributed by atoms with Gasteiger partial charge in [-0.15, -0.1) is 0 Å². The van der Waals surface area contributed by atoms with Crippen molar-refractivity contribution in [3.05, 3.63) is 29.8 Å². The first-order valence-corrected chi connectivity index (χ1v) is 6.41. The minimum absolute atomic E-state index is 0.197. The molecule has 1 amide bonds. The molecule has 4 nitrogen and oxygen atoms in total.